The number of hydrogen-bond donors (Lipinski definition) is 1. The molecule has 5 nitrogen and oxygen atoms in total. The van der Waals surface area contributed by atoms with E-state index in [0.717, 1.165) is 36.8 Å². The van der Waals surface area contributed by atoms with E-state index in [4.69, 9.17) is 0 Å². The molecule has 0 radical (unpaired) electrons. The van der Waals surface area contributed by atoms with Gasteiger partial charge in [-0.2, -0.15) is 0 Å². The summed E-state index contributed by atoms with van der Waals surface area (Å²) in [5.41, 5.74) is 2.51. The summed E-state index contributed by atoms with van der Waals surface area (Å²) < 4.78 is 2.11. The van der Waals surface area contributed by atoms with E-state index in [9.17, 15) is 4.79 Å². The average Bonchev–Trinajstić information content (AvgIpc) is 3.09. The fourth-order valence-electron chi connectivity index (χ4n) is 2.63. The van der Waals surface area contributed by atoms with Crippen LogP contribution >= 0.6 is 11.8 Å². The third kappa shape index (κ3) is 3.68. The lowest BCUT2D eigenvalue weighted by Crippen LogP contribution is -2.26. The van der Waals surface area contributed by atoms with Crippen LogP contribution in [0, 0.1) is 6.92 Å². The lowest BCUT2D eigenvalue weighted by atomic mass is 10.2. The van der Waals surface area contributed by atoms with Gasteiger partial charge in [-0.25, -0.2) is 0 Å². The van der Waals surface area contributed by atoms with Crippen LogP contribution in [0.5, 0.6) is 0 Å². The average molecular weight is 316 g/mol. The summed E-state index contributed by atoms with van der Waals surface area (Å²) in [6.07, 6.45) is 2.12. The highest BCUT2D eigenvalue weighted by atomic mass is 32.2. The highest BCUT2D eigenvalue weighted by molar-refractivity contribution is 7.99. The first kappa shape index (κ1) is 15.1. The first-order chi connectivity index (χ1) is 10.7. The molecule has 2 heterocycles. The predicted octanol–water partition coefficient (Wildman–Crippen LogP) is 2.08. The number of aryl methyl sites for hydroxylation is 2. The Morgan fingerprint density at radius 1 is 1.41 bits per heavy atom. The van der Waals surface area contributed by atoms with Crippen molar-refractivity contribution >= 4 is 17.7 Å². The Morgan fingerprint density at radius 3 is 3.18 bits per heavy atom. The van der Waals surface area contributed by atoms with E-state index in [1.807, 2.05) is 0 Å². The fraction of sp³-hybridized carbons (Fsp3) is 0.438. The topological polar surface area (TPSA) is 59.8 Å². The molecule has 1 aromatic heterocycles. The molecule has 0 aliphatic carbocycles. The Kier molecular flexibility index (Phi) is 4.77. The maximum absolute atomic E-state index is 11.9. The Labute approximate surface area is 134 Å². The van der Waals surface area contributed by atoms with Gasteiger partial charge in [-0.05, 0) is 18.9 Å². The zero-order valence-corrected chi connectivity index (χ0v) is 13.5. The van der Waals surface area contributed by atoms with Crippen molar-refractivity contribution < 1.29 is 4.79 Å². The lowest BCUT2D eigenvalue weighted by Gasteiger charge is -2.06. The SMILES string of the molecule is Cc1cccc(CSCC(=O)NCc2nnc3n2CCC3)c1. The second-order valence-electron chi connectivity index (χ2n) is 5.55. The molecular formula is C16H20N4OS. The third-order valence-electron chi connectivity index (χ3n) is 3.71. The maximum Gasteiger partial charge on any atom is 0.230 e. The first-order valence-electron chi connectivity index (χ1n) is 7.53. The maximum atomic E-state index is 11.9. The molecule has 1 aromatic carbocycles. The van der Waals surface area contributed by atoms with E-state index < -0.39 is 0 Å². The number of benzene rings is 1. The van der Waals surface area contributed by atoms with Crippen LogP contribution in [-0.2, 0) is 30.1 Å². The van der Waals surface area contributed by atoms with Gasteiger partial charge in [-0.1, -0.05) is 29.8 Å². The van der Waals surface area contributed by atoms with Crippen LogP contribution in [-0.4, -0.2) is 26.4 Å². The second-order valence-corrected chi connectivity index (χ2v) is 6.53. The fourth-order valence-corrected chi connectivity index (χ4v) is 3.44. The quantitative estimate of drug-likeness (QED) is 0.886. The molecule has 3 rings (SSSR count). The molecule has 1 N–H and O–H groups in total. The highest BCUT2D eigenvalue weighted by Crippen LogP contribution is 2.15. The van der Waals surface area contributed by atoms with Crippen molar-refractivity contribution in [3.8, 4) is 0 Å². The van der Waals surface area contributed by atoms with Gasteiger partial charge in [0.25, 0.3) is 0 Å². The highest BCUT2D eigenvalue weighted by Gasteiger charge is 2.17. The van der Waals surface area contributed by atoms with Crippen LogP contribution in [0.15, 0.2) is 24.3 Å². The number of thioether (sulfide) groups is 1. The zero-order chi connectivity index (χ0) is 15.4. The summed E-state index contributed by atoms with van der Waals surface area (Å²) in [5, 5.41) is 11.2. The van der Waals surface area contributed by atoms with Crippen LogP contribution < -0.4 is 5.32 Å². The van der Waals surface area contributed by atoms with Gasteiger partial charge in [0.2, 0.25) is 5.91 Å². The second kappa shape index (κ2) is 6.96. The van der Waals surface area contributed by atoms with Crippen molar-refractivity contribution in [3.63, 3.8) is 0 Å². The number of carbonyl (C=O) groups excluding carboxylic acids is 1. The van der Waals surface area contributed by atoms with Crippen molar-refractivity contribution in [2.24, 2.45) is 0 Å². The summed E-state index contributed by atoms with van der Waals surface area (Å²) >= 11 is 1.63. The molecule has 22 heavy (non-hydrogen) atoms. The first-order valence-corrected chi connectivity index (χ1v) is 8.69. The number of nitrogens with zero attached hydrogens (tertiary/aromatic N) is 3. The van der Waals surface area contributed by atoms with Crippen molar-refractivity contribution in [2.75, 3.05) is 5.75 Å². The van der Waals surface area contributed by atoms with E-state index in [2.05, 4.69) is 51.3 Å². The number of rotatable bonds is 6. The summed E-state index contributed by atoms with van der Waals surface area (Å²) in [5.74, 6) is 3.28. The number of hydrogen-bond acceptors (Lipinski definition) is 4. The molecule has 0 fully saturated rings. The van der Waals surface area contributed by atoms with Gasteiger partial charge in [0.1, 0.15) is 5.82 Å². The molecule has 6 heteroatoms. The predicted molar refractivity (Wildman–Crippen MR) is 87.5 cm³/mol. The number of carbonyl (C=O) groups is 1. The lowest BCUT2D eigenvalue weighted by molar-refractivity contribution is -0.118. The Hall–Kier alpha value is -1.82. The van der Waals surface area contributed by atoms with Gasteiger partial charge >= 0.3 is 0 Å². The van der Waals surface area contributed by atoms with Crippen LogP contribution in [0.3, 0.4) is 0 Å². The Bertz CT molecular complexity index is 668. The van der Waals surface area contributed by atoms with Crippen LogP contribution in [0.2, 0.25) is 0 Å². The molecule has 1 aliphatic heterocycles. The molecule has 116 valence electrons. The molecule has 0 bridgehead atoms. The summed E-state index contributed by atoms with van der Waals surface area (Å²) in [4.78, 5) is 11.9. The van der Waals surface area contributed by atoms with Gasteiger partial charge in [0, 0.05) is 18.7 Å². The molecule has 0 unspecified atom stereocenters. The van der Waals surface area contributed by atoms with Gasteiger partial charge in [-0.3, -0.25) is 4.79 Å². The molecule has 0 spiro atoms. The van der Waals surface area contributed by atoms with Gasteiger partial charge < -0.3 is 9.88 Å². The number of amides is 1. The van der Waals surface area contributed by atoms with Crippen molar-refractivity contribution in [3.05, 3.63) is 47.0 Å². The van der Waals surface area contributed by atoms with Crippen LogP contribution in [0.4, 0.5) is 0 Å². The standard InChI is InChI=1S/C16H20N4OS/c1-12-4-2-5-13(8-12)10-22-11-16(21)17-9-15-19-18-14-6-3-7-20(14)15/h2,4-5,8H,3,6-7,9-11H2,1H3,(H,17,21). The summed E-state index contributed by atoms with van der Waals surface area (Å²) in [6, 6.07) is 8.39. The molecular weight excluding hydrogens is 296 g/mol. The Morgan fingerprint density at radius 2 is 2.32 bits per heavy atom. The van der Waals surface area contributed by atoms with E-state index in [-0.39, 0.29) is 5.91 Å². The third-order valence-corrected chi connectivity index (χ3v) is 4.72. The Balaban J connectivity index is 1.41. The van der Waals surface area contributed by atoms with Crippen molar-refractivity contribution in [2.45, 2.75) is 38.6 Å². The van der Waals surface area contributed by atoms with Crippen molar-refractivity contribution in [1.29, 1.82) is 0 Å². The van der Waals surface area contributed by atoms with Crippen molar-refractivity contribution in [1.82, 2.24) is 20.1 Å². The monoisotopic (exact) mass is 316 g/mol. The largest absolute Gasteiger partial charge is 0.348 e. The number of nitrogens with one attached hydrogen (secondary N) is 1. The molecule has 1 amide bonds. The van der Waals surface area contributed by atoms with E-state index in [0.29, 0.717) is 12.3 Å². The summed E-state index contributed by atoms with van der Waals surface area (Å²) in [6.45, 7) is 3.52. The van der Waals surface area contributed by atoms with E-state index in [1.165, 1.54) is 11.1 Å². The normalized spacial score (nSPS) is 13.1. The minimum atomic E-state index is 0.0491. The minimum Gasteiger partial charge on any atom is -0.348 e. The zero-order valence-electron chi connectivity index (χ0n) is 12.7. The van der Waals surface area contributed by atoms with Crippen LogP contribution in [0.25, 0.3) is 0 Å². The smallest absolute Gasteiger partial charge is 0.230 e. The van der Waals surface area contributed by atoms with Gasteiger partial charge in [0.15, 0.2) is 5.82 Å². The summed E-state index contributed by atoms with van der Waals surface area (Å²) in [7, 11) is 0. The van der Waals surface area contributed by atoms with E-state index in [1.54, 1.807) is 11.8 Å². The van der Waals surface area contributed by atoms with E-state index >= 15 is 0 Å². The van der Waals surface area contributed by atoms with Crippen LogP contribution in [0.1, 0.15) is 29.2 Å². The molecule has 2 aromatic rings. The molecule has 0 saturated heterocycles. The van der Waals surface area contributed by atoms with Gasteiger partial charge in [-0.15, -0.1) is 22.0 Å². The molecule has 0 atom stereocenters. The minimum absolute atomic E-state index is 0.0491. The number of fused-ring (bicyclic) bond motifs is 1. The number of aromatic nitrogens is 3. The molecule has 0 saturated carbocycles. The molecule has 1 aliphatic rings. The van der Waals surface area contributed by atoms with Gasteiger partial charge in [0.05, 0.1) is 12.3 Å².